The molecule has 0 aromatic heterocycles. The Kier molecular flexibility index (Phi) is 10.3. The molecular weight excluding hydrogens is 559 g/mol. The molecule has 14 heteroatoms. The number of hydrogen-bond donors (Lipinski definition) is 3. The molecule has 0 spiro atoms. The molecule has 2 aromatic rings. The highest BCUT2D eigenvalue weighted by Gasteiger charge is 2.31. The average Bonchev–Trinajstić information content (AvgIpc) is 2.89. The van der Waals surface area contributed by atoms with Gasteiger partial charge >= 0.3 is 6.18 Å². The first-order chi connectivity index (χ1) is 18.8. The van der Waals surface area contributed by atoms with Crippen LogP contribution in [0.25, 0.3) is 0 Å². The number of carbonyl (C=O) groups is 2. The summed E-state index contributed by atoms with van der Waals surface area (Å²) >= 11 is 6.18. The van der Waals surface area contributed by atoms with Gasteiger partial charge in [-0.3, -0.25) is 14.5 Å². The molecule has 2 amide bonds. The summed E-state index contributed by atoms with van der Waals surface area (Å²) in [6.45, 7) is 2.33. The quantitative estimate of drug-likeness (QED) is 0.380. The molecule has 2 atom stereocenters. The van der Waals surface area contributed by atoms with Gasteiger partial charge in [-0.1, -0.05) is 17.7 Å². The van der Waals surface area contributed by atoms with Gasteiger partial charge in [0.15, 0.2) is 11.6 Å². The summed E-state index contributed by atoms with van der Waals surface area (Å²) in [5, 5.41) is 13.8. The van der Waals surface area contributed by atoms with E-state index < -0.39 is 54.2 Å². The van der Waals surface area contributed by atoms with Crippen molar-refractivity contribution >= 4 is 34.8 Å². The van der Waals surface area contributed by atoms with Crippen LogP contribution in [0.1, 0.15) is 35.7 Å². The molecule has 0 radical (unpaired) electrons. The molecule has 3 rings (SSSR count). The Morgan fingerprint density at radius 3 is 2.58 bits per heavy atom. The molecule has 216 valence electrons. The number of nitrogens with one attached hydrogen (secondary N) is 2. The van der Waals surface area contributed by atoms with Gasteiger partial charge in [-0.2, -0.15) is 18.4 Å². The van der Waals surface area contributed by atoms with Crippen LogP contribution in [-0.2, 0) is 11.3 Å². The predicted octanol–water partition coefficient (Wildman–Crippen LogP) is 4.19. The van der Waals surface area contributed by atoms with E-state index in [4.69, 9.17) is 22.6 Å². The monoisotopic (exact) mass is 586 g/mol. The van der Waals surface area contributed by atoms with Crippen LogP contribution in [0.15, 0.2) is 30.3 Å². The largest absolute Gasteiger partial charge is 0.390 e. The fourth-order valence-corrected chi connectivity index (χ4v) is 4.49. The molecular formula is C26H28ClF5N6O2. The lowest BCUT2D eigenvalue weighted by atomic mass is 10.1. The number of nitrogens with zero attached hydrogens (tertiary/aromatic N) is 3. The normalized spacial score (nSPS) is 16.8. The minimum atomic E-state index is -4.25. The SMILES string of the molecule is C[C@@H]1CN(CCC(F)(F)F)CCN1c1cc(Cl)ccc1NC(=O)c1ccc(CNC(=O)C(N)CC#N)c(F)c1F. The molecule has 2 aromatic carbocycles. The first-order valence-corrected chi connectivity index (χ1v) is 12.7. The number of amides is 2. The van der Waals surface area contributed by atoms with E-state index in [1.54, 1.807) is 17.0 Å². The molecule has 1 saturated heterocycles. The molecule has 0 saturated carbocycles. The zero-order chi connectivity index (χ0) is 29.6. The third-order valence-corrected chi connectivity index (χ3v) is 6.68. The fourth-order valence-electron chi connectivity index (χ4n) is 4.32. The van der Waals surface area contributed by atoms with Gasteiger partial charge in [0, 0.05) is 49.4 Å². The number of nitrogens with two attached hydrogens (primary N) is 1. The van der Waals surface area contributed by atoms with E-state index in [1.165, 1.54) is 12.1 Å². The number of nitriles is 1. The highest BCUT2D eigenvalue weighted by molar-refractivity contribution is 6.31. The van der Waals surface area contributed by atoms with E-state index in [-0.39, 0.29) is 30.3 Å². The summed E-state index contributed by atoms with van der Waals surface area (Å²) in [6.07, 6.45) is -5.42. The van der Waals surface area contributed by atoms with Crippen LogP contribution in [-0.4, -0.2) is 61.2 Å². The average molecular weight is 587 g/mol. The van der Waals surface area contributed by atoms with Crippen molar-refractivity contribution in [3.05, 3.63) is 58.1 Å². The number of carbonyl (C=O) groups excluding carboxylic acids is 2. The highest BCUT2D eigenvalue weighted by Crippen LogP contribution is 2.33. The van der Waals surface area contributed by atoms with Crippen molar-refractivity contribution in [1.29, 1.82) is 5.26 Å². The molecule has 1 fully saturated rings. The minimum Gasteiger partial charge on any atom is -0.365 e. The standard InChI is InChI=1S/C26H28ClF5N6O2/c1-15-14-37(9-7-26(30,31)32)10-11-38(15)21-12-17(27)3-5-20(21)36-24(39)18-4-2-16(22(28)23(18)29)13-35-25(40)19(34)6-8-33/h2-5,12,15,19H,6-7,9-11,13-14,34H2,1H3,(H,35,40)(H,36,39)/t15-,19?/m1/s1. The first kappa shape index (κ1) is 31.1. The number of alkyl halides is 3. The van der Waals surface area contributed by atoms with Crippen LogP contribution >= 0.6 is 11.6 Å². The Morgan fingerprint density at radius 1 is 1.20 bits per heavy atom. The van der Waals surface area contributed by atoms with E-state index >= 15 is 0 Å². The van der Waals surface area contributed by atoms with Crippen molar-refractivity contribution in [3.63, 3.8) is 0 Å². The van der Waals surface area contributed by atoms with Crippen LogP contribution in [0.3, 0.4) is 0 Å². The smallest absolute Gasteiger partial charge is 0.365 e. The van der Waals surface area contributed by atoms with E-state index in [0.717, 1.165) is 12.1 Å². The number of rotatable bonds is 9. The number of benzene rings is 2. The van der Waals surface area contributed by atoms with Crippen LogP contribution in [0.2, 0.25) is 5.02 Å². The molecule has 1 aliphatic heterocycles. The number of halogens is 6. The third-order valence-electron chi connectivity index (χ3n) is 6.45. The lowest BCUT2D eigenvalue weighted by molar-refractivity contribution is -0.138. The summed E-state index contributed by atoms with van der Waals surface area (Å²) in [7, 11) is 0. The maximum Gasteiger partial charge on any atom is 0.390 e. The van der Waals surface area contributed by atoms with Crippen molar-refractivity contribution in [2.24, 2.45) is 5.73 Å². The van der Waals surface area contributed by atoms with Gasteiger partial charge in [0.2, 0.25) is 5.91 Å². The van der Waals surface area contributed by atoms with Gasteiger partial charge in [0.05, 0.1) is 41.9 Å². The van der Waals surface area contributed by atoms with Gasteiger partial charge < -0.3 is 21.3 Å². The second-order valence-electron chi connectivity index (χ2n) is 9.41. The Morgan fingerprint density at radius 2 is 1.93 bits per heavy atom. The molecule has 1 unspecified atom stereocenters. The highest BCUT2D eigenvalue weighted by atomic mass is 35.5. The van der Waals surface area contributed by atoms with E-state index in [9.17, 15) is 31.5 Å². The lowest BCUT2D eigenvalue weighted by Gasteiger charge is -2.42. The molecule has 4 N–H and O–H groups in total. The molecule has 1 heterocycles. The van der Waals surface area contributed by atoms with Crippen molar-refractivity contribution < 1.29 is 31.5 Å². The van der Waals surface area contributed by atoms with Crippen molar-refractivity contribution in [2.75, 3.05) is 36.4 Å². The minimum absolute atomic E-state index is 0.127. The van der Waals surface area contributed by atoms with Crippen molar-refractivity contribution in [3.8, 4) is 6.07 Å². The van der Waals surface area contributed by atoms with Crippen LogP contribution in [0, 0.1) is 23.0 Å². The first-order valence-electron chi connectivity index (χ1n) is 12.3. The van der Waals surface area contributed by atoms with Gasteiger partial charge in [0.1, 0.15) is 0 Å². The zero-order valence-electron chi connectivity index (χ0n) is 21.5. The summed E-state index contributed by atoms with van der Waals surface area (Å²) < 4.78 is 67.5. The summed E-state index contributed by atoms with van der Waals surface area (Å²) in [5.41, 5.74) is 5.44. The number of anilines is 2. The topological polar surface area (TPSA) is 114 Å². The maximum absolute atomic E-state index is 14.9. The van der Waals surface area contributed by atoms with E-state index in [0.29, 0.717) is 30.3 Å². The van der Waals surface area contributed by atoms with E-state index in [1.807, 2.05) is 11.8 Å². The molecule has 8 nitrogen and oxygen atoms in total. The summed E-state index contributed by atoms with van der Waals surface area (Å²) in [4.78, 5) is 28.4. The van der Waals surface area contributed by atoms with E-state index in [2.05, 4.69) is 10.6 Å². The van der Waals surface area contributed by atoms with Crippen LogP contribution < -0.4 is 21.3 Å². The van der Waals surface area contributed by atoms with Gasteiger partial charge in [-0.25, -0.2) is 8.78 Å². The zero-order valence-corrected chi connectivity index (χ0v) is 22.3. The van der Waals surface area contributed by atoms with Crippen LogP contribution in [0.5, 0.6) is 0 Å². The Balaban J connectivity index is 1.73. The molecule has 40 heavy (non-hydrogen) atoms. The van der Waals surface area contributed by atoms with Crippen molar-refractivity contribution in [1.82, 2.24) is 10.2 Å². The van der Waals surface area contributed by atoms with Gasteiger partial charge in [0.25, 0.3) is 5.91 Å². The number of piperazine rings is 1. The fraction of sp³-hybridized carbons (Fsp3) is 0.423. The number of hydrogen-bond acceptors (Lipinski definition) is 6. The lowest BCUT2D eigenvalue weighted by Crippen LogP contribution is -2.52. The Hall–Kier alpha value is -3.47. The second-order valence-corrected chi connectivity index (χ2v) is 9.85. The molecule has 1 aliphatic rings. The van der Waals surface area contributed by atoms with Gasteiger partial charge in [-0.15, -0.1) is 0 Å². The Bertz CT molecular complexity index is 1290. The molecule has 0 bridgehead atoms. The summed E-state index contributed by atoms with van der Waals surface area (Å²) in [5.74, 6) is -4.41. The second kappa shape index (κ2) is 13.3. The predicted molar refractivity (Wildman–Crippen MR) is 140 cm³/mol. The van der Waals surface area contributed by atoms with Gasteiger partial charge in [-0.05, 0) is 31.2 Å². The third kappa shape index (κ3) is 8.03. The van der Waals surface area contributed by atoms with Crippen LogP contribution in [0.4, 0.5) is 33.3 Å². The Labute approximate surface area is 232 Å². The molecule has 0 aliphatic carbocycles. The summed E-state index contributed by atoms with van der Waals surface area (Å²) in [6, 6.07) is 7.18. The van der Waals surface area contributed by atoms with Crippen molar-refractivity contribution in [2.45, 2.75) is 44.6 Å². The maximum atomic E-state index is 14.9.